The third-order valence-electron chi connectivity index (χ3n) is 3.94. The summed E-state index contributed by atoms with van der Waals surface area (Å²) < 4.78 is 15.9. The minimum absolute atomic E-state index is 0.325. The zero-order chi connectivity index (χ0) is 20.4. The number of anilines is 1. The predicted molar refractivity (Wildman–Crippen MR) is 107 cm³/mol. The highest BCUT2D eigenvalue weighted by atomic mass is 16.5. The molecule has 2 rings (SSSR count). The Kier molecular flexibility index (Phi) is 8.14. The Morgan fingerprint density at radius 3 is 2.29 bits per heavy atom. The standard InChI is InChI=1S/C21H26N2O5/c1-4-13-28-17-8-6-16(7-9-17)23-21(25)20(24)22-12-11-15-5-10-18(26-2)19(14-15)27-3/h5-10,14H,4,11-13H2,1-3H3,(H,22,24)(H,23,25). The highest BCUT2D eigenvalue weighted by Crippen LogP contribution is 2.27. The summed E-state index contributed by atoms with van der Waals surface area (Å²) in [5.74, 6) is 0.580. The van der Waals surface area contributed by atoms with Crippen LogP contribution in [-0.4, -0.2) is 39.2 Å². The smallest absolute Gasteiger partial charge is 0.313 e. The van der Waals surface area contributed by atoms with E-state index < -0.39 is 11.8 Å². The van der Waals surface area contributed by atoms with Crippen LogP contribution in [0.2, 0.25) is 0 Å². The maximum Gasteiger partial charge on any atom is 0.313 e. The molecule has 150 valence electrons. The fourth-order valence-electron chi connectivity index (χ4n) is 2.48. The molecule has 2 N–H and O–H groups in total. The van der Waals surface area contributed by atoms with E-state index in [4.69, 9.17) is 14.2 Å². The van der Waals surface area contributed by atoms with Crippen molar-refractivity contribution in [3.8, 4) is 17.2 Å². The van der Waals surface area contributed by atoms with Crippen molar-refractivity contribution in [2.24, 2.45) is 0 Å². The second kappa shape index (κ2) is 10.8. The first-order chi connectivity index (χ1) is 13.6. The lowest BCUT2D eigenvalue weighted by atomic mass is 10.1. The van der Waals surface area contributed by atoms with Gasteiger partial charge in [-0.1, -0.05) is 13.0 Å². The summed E-state index contributed by atoms with van der Waals surface area (Å²) in [6, 6.07) is 12.4. The van der Waals surface area contributed by atoms with Crippen LogP contribution in [0.15, 0.2) is 42.5 Å². The molecule has 0 saturated carbocycles. The van der Waals surface area contributed by atoms with E-state index in [2.05, 4.69) is 10.6 Å². The number of rotatable bonds is 9. The topological polar surface area (TPSA) is 85.9 Å². The second-order valence-electron chi connectivity index (χ2n) is 6.02. The van der Waals surface area contributed by atoms with Gasteiger partial charge in [0.05, 0.1) is 20.8 Å². The molecule has 2 amide bonds. The van der Waals surface area contributed by atoms with Crippen molar-refractivity contribution in [2.75, 3.05) is 32.7 Å². The third kappa shape index (κ3) is 6.19. The van der Waals surface area contributed by atoms with Gasteiger partial charge in [0.25, 0.3) is 0 Å². The number of amides is 2. The van der Waals surface area contributed by atoms with Gasteiger partial charge in [0.1, 0.15) is 5.75 Å². The van der Waals surface area contributed by atoms with Crippen LogP contribution in [0.4, 0.5) is 5.69 Å². The molecule has 0 saturated heterocycles. The van der Waals surface area contributed by atoms with Gasteiger partial charge in [-0.2, -0.15) is 0 Å². The largest absolute Gasteiger partial charge is 0.494 e. The Balaban J connectivity index is 1.80. The summed E-state index contributed by atoms with van der Waals surface area (Å²) in [6.45, 7) is 2.98. The van der Waals surface area contributed by atoms with Gasteiger partial charge in [-0.15, -0.1) is 0 Å². The average molecular weight is 386 g/mol. The van der Waals surface area contributed by atoms with Gasteiger partial charge < -0.3 is 24.8 Å². The number of carbonyl (C=O) groups excluding carboxylic acids is 2. The summed E-state index contributed by atoms with van der Waals surface area (Å²) >= 11 is 0. The first-order valence-corrected chi connectivity index (χ1v) is 9.10. The maximum atomic E-state index is 12.0. The third-order valence-corrected chi connectivity index (χ3v) is 3.94. The van der Waals surface area contributed by atoms with Crippen molar-refractivity contribution in [2.45, 2.75) is 19.8 Å². The van der Waals surface area contributed by atoms with Crippen LogP contribution in [0.3, 0.4) is 0 Å². The van der Waals surface area contributed by atoms with E-state index in [1.165, 1.54) is 0 Å². The number of hydrogen-bond donors (Lipinski definition) is 2. The lowest BCUT2D eigenvalue weighted by Gasteiger charge is -2.10. The Bertz CT molecular complexity index is 790. The lowest BCUT2D eigenvalue weighted by molar-refractivity contribution is -0.136. The molecule has 0 aliphatic heterocycles. The molecule has 28 heavy (non-hydrogen) atoms. The van der Waals surface area contributed by atoms with Crippen molar-refractivity contribution in [1.29, 1.82) is 0 Å². The molecule has 0 radical (unpaired) electrons. The van der Waals surface area contributed by atoms with Crippen LogP contribution in [0.1, 0.15) is 18.9 Å². The molecule has 7 heteroatoms. The van der Waals surface area contributed by atoms with Gasteiger partial charge in [-0.05, 0) is 54.8 Å². The van der Waals surface area contributed by atoms with Gasteiger partial charge in [-0.25, -0.2) is 0 Å². The fourth-order valence-corrected chi connectivity index (χ4v) is 2.48. The Labute approximate surface area is 165 Å². The summed E-state index contributed by atoms with van der Waals surface area (Å²) in [4.78, 5) is 24.0. The van der Waals surface area contributed by atoms with E-state index in [9.17, 15) is 9.59 Å². The number of hydrogen-bond acceptors (Lipinski definition) is 5. The molecular formula is C21H26N2O5. The summed E-state index contributed by atoms with van der Waals surface area (Å²) in [5.41, 5.74) is 1.49. The Hall–Kier alpha value is -3.22. The van der Waals surface area contributed by atoms with Gasteiger partial charge in [0.2, 0.25) is 0 Å². The number of carbonyl (C=O) groups is 2. The molecule has 0 bridgehead atoms. The monoisotopic (exact) mass is 386 g/mol. The van der Waals surface area contributed by atoms with E-state index in [0.29, 0.717) is 36.8 Å². The summed E-state index contributed by atoms with van der Waals surface area (Å²) in [5, 5.41) is 5.17. The molecule has 0 atom stereocenters. The van der Waals surface area contributed by atoms with E-state index >= 15 is 0 Å². The van der Waals surface area contributed by atoms with Crippen molar-refractivity contribution < 1.29 is 23.8 Å². The lowest BCUT2D eigenvalue weighted by Crippen LogP contribution is -2.36. The molecule has 0 fully saturated rings. The SMILES string of the molecule is CCCOc1ccc(NC(=O)C(=O)NCCc2ccc(OC)c(OC)c2)cc1. The fraction of sp³-hybridized carbons (Fsp3) is 0.333. The zero-order valence-corrected chi connectivity index (χ0v) is 16.4. The first-order valence-electron chi connectivity index (χ1n) is 9.10. The van der Waals surface area contributed by atoms with Gasteiger partial charge in [-0.3, -0.25) is 9.59 Å². The van der Waals surface area contributed by atoms with Crippen LogP contribution in [0.5, 0.6) is 17.2 Å². The zero-order valence-electron chi connectivity index (χ0n) is 16.4. The molecule has 0 aliphatic rings. The minimum atomic E-state index is -0.713. The van der Waals surface area contributed by atoms with E-state index in [1.54, 1.807) is 44.6 Å². The van der Waals surface area contributed by atoms with Crippen molar-refractivity contribution in [1.82, 2.24) is 5.32 Å². The summed E-state index contributed by atoms with van der Waals surface area (Å²) in [7, 11) is 3.14. The summed E-state index contributed by atoms with van der Waals surface area (Å²) in [6.07, 6.45) is 1.48. The van der Waals surface area contributed by atoms with Crippen molar-refractivity contribution >= 4 is 17.5 Å². The number of ether oxygens (including phenoxy) is 3. The van der Waals surface area contributed by atoms with Crippen LogP contribution < -0.4 is 24.8 Å². The molecule has 0 heterocycles. The van der Waals surface area contributed by atoms with Crippen LogP contribution in [0.25, 0.3) is 0 Å². The minimum Gasteiger partial charge on any atom is -0.494 e. The van der Waals surface area contributed by atoms with E-state index in [1.807, 2.05) is 19.1 Å². The van der Waals surface area contributed by atoms with Crippen LogP contribution in [0, 0.1) is 0 Å². The quantitative estimate of drug-likeness (QED) is 0.647. The highest BCUT2D eigenvalue weighted by molar-refractivity contribution is 6.39. The normalized spacial score (nSPS) is 10.1. The van der Waals surface area contributed by atoms with E-state index in [0.717, 1.165) is 17.7 Å². The maximum absolute atomic E-state index is 12.0. The highest BCUT2D eigenvalue weighted by Gasteiger charge is 2.13. The first kappa shape index (κ1) is 21.1. The predicted octanol–water partition coefficient (Wildman–Crippen LogP) is 2.79. The van der Waals surface area contributed by atoms with Crippen molar-refractivity contribution in [3.63, 3.8) is 0 Å². The number of methoxy groups -OCH3 is 2. The Morgan fingerprint density at radius 2 is 1.64 bits per heavy atom. The molecular weight excluding hydrogens is 360 g/mol. The van der Waals surface area contributed by atoms with Gasteiger partial charge >= 0.3 is 11.8 Å². The molecule has 0 unspecified atom stereocenters. The van der Waals surface area contributed by atoms with Crippen LogP contribution in [-0.2, 0) is 16.0 Å². The van der Waals surface area contributed by atoms with Crippen LogP contribution >= 0.6 is 0 Å². The van der Waals surface area contributed by atoms with E-state index in [-0.39, 0.29) is 0 Å². The second-order valence-corrected chi connectivity index (χ2v) is 6.02. The molecule has 7 nitrogen and oxygen atoms in total. The molecule has 0 aliphatic carbocycles. The van der Waals surface area contributed by atoms with Crippen molar-refractivity contribution in [3.05, 3.63) is 48.0 Å². The average Bonchev–Trinajstić information content (AvgIpc) is 2.72. The van der Waals surface area contributed by atoms with Gasteiger partial charge in [0, 0.05) is 12.2 Å². The van der Waals surface area contributed by atoms with Gasteiger partial charge in [0.15, 0.2) is 11.5 Å². The molecule has 2 aromatic rings. The number of benzene rings is 2. The molecule has 0 spiro atoms. The molecule has 2 aromatic carbocycles. The molecule has 0 aromatic heterocycles. The Morgan fingerprint density at radius 1 is 0.929 bits per heavy atom. The number of nitrogens with one attached hydrogen (secondary N) is 2.